The molecule has 5 nitrogen and oxygen atoms in total. The maximum atomic E-state index is 14.5. The summed E-state index contributed by atoms with van der Waals surface area (Å²) in [6, 6.07) is 5.23. The van der Waals surface area contributed by atoms with E-state index < -0.39 is 11.6 Å². The van der Waals surface area contributed by atoms with Crippen molar-refractivity contribution < 1.29 is 18.3 Å². The van der Waals surface area contributed by atoms with Crippen molar-refractivity contribution in [1.82, 2.24) is 15.0 Å². The van der Waals surface area contributed by atoms with Gasteiger partial charge in [0.15, 0.2) is 5.65 Å². The molecule has 0 amide bonds. The van der Waals surface area contributed by atoms with Crippen molar-refractivity contribution in [3.63, 3.8) is 0 Å². The lowest BCUT2D eigenvalue weighted by Crippen LogP contribution is -2.17. The van der Waals surface area contributed by atoms with Crippen LogP contribution in [-0.2, 0) is 4.74 Å². The van der Waals surface area contributed by atoms with E-state index in [1.54, 1.807) is 13.2 Å². The van der Waals surface area contributed by atoms with Crippen molar-refractivity contribution in [2.75, 3.05) is 20.3 Å². The van der Waals surface area contributed by atoms with Crippen molar-refractivity contribution in [2.24, 2.45) is 0 Å². The lowest BCUT2D eigenvalue weighted by molar-refractivity contribution is 0.0836. The van der Waals surface area contributed by atoms with Crippen molar-refractivity contribution in [3.05, 3.63) is 47.4 Å². The SMILES string of the molecule is COc1cc2c(-c3ccc(F)cc3F)nc(C3CCOCC3)nc2nc1C. The third kappa shape index (κ3) is 3.35. The standard InChI is InChI=1S/C20H19F2N3O2/c1-11-17(26-2)10-15-18(14-4-3-13(21)9-16(14)22)24-19(25-20(15)23-11)12-5-7-27-8-6-12/h3-4,9-10,12H,5-8H2,1-2H3. The maximum absolute atomic E-state index is 14.5. The molecular weight excluding hydrogens is 352 g/mol. The lowest BCUT2D eigenvalue weighted by Gasteiger charge is -2.22. The van der Waals surface area contributed by atoms with Crippen LogP contribution in [0.1, 0.15) is 30.3 Å². The first kappa shape index (κ1) is 17.7. The van der Waals surface area contributed by atoms with E-state index in [1.807, 2.05) is 6.92 Å². The Labute approximate surface area is 155 Å². The number of ether oxygens (including phenoxy) is 2. The number of nitrogens with zero attached hydrogens (tertiary/aromatic N) is 3. The fourth-order valence-corrected chi connectivity index (χ4v) is 3.37. The highest BCUT2D eigenvalue weighted by Crippen LogP contribution is 2.34. The summed E-state index contributed by atoms with van der Waals surface area (Å²) in [5.74, 6) is -0.0109. The molecule has 0 N–H and O–H groups in total. The van der Waals surface area contributed by atoms with Crippen LogP contribution in [0.2, 0.25) is 0 Å². The van der Waals surface area contributed by atoms with E-state index in [0.29, 0.717) is 47.2 Å². The van der Waals surface area contributed by atoms with Crippen molar-refractivity contribution in [3.8, 4) is 17.0 Å². The molecule has 0 unspecified atom stereocenters. The number of hydrogen-bond donors (Lipinski definition) is 0. The Balaban J connectivity index is 1.97. The van der Waals surface area contributed by atoms with Gasteiger partial charge in [-0.25, -0.2) is 23.7 Å². The normalized spacial score (nSPS) is 15.3. The van der Waals surface area contributed by atoms with Gasteiger partial charge in [0, 0.05) is 36.1 Å². The number of aromatic nitrogens is 3. The van der Waals surface area contributed by atoms with E-state index in [4.69, 9.17) is 9.47 Å². The average Bonchev–Trinajstić information content (AvgIpc) is 2.67. The van der Waals surface area contributed by atoms with Crippen molar-refractivity contribution >= 4 is 11.0 Å². The van der Waals surface area contributed by atoms with Gasteiger partial charge < -0.3 is 9.47 Å². The summed E-state index contributed by atoms with van der Waals surface area (Å²) in [6.07, 6.45) is 1.60. The summed E-state index contributed by atoms with van der Waals surface area (Å²) in [5.41, 5.74) is 1.77. The Morgan fingerprint density at radius 2 is 1.85 bits per heavy atom. The second-order valence-corrected chi connectivity index (χ2v) is 6.59. The van der Waals surface area contributed by atoms with Crippen LogP contribution < -0.4 is 4.74 Å². The zero-order chi connectivity index (χ0) is 19.0. The number of halogens is 2. The van der Waals surface area contributed by atoms with E-state index in [2.05, 4.69) is 15.0 Å². The summed E-state index contributed by atoms with van der Waals surface area (Å²) in [6.45, 7) is 3.11. The molecule has 0 spiro atoms. The average molecular weight is 371 g/mol. The predicted molar refractivity (Wildman–Crippen MR) is 96.8 cm³/mol. The molecule has 3 aromatic rings. The number of fused-ring (bicyclic) bond motifs is 1. The Kier molecular flexibility index (Phi) is 4.70. The van der Waals surface area contributed by atoms with Crippen molar-refractivity contribution in [2.45, 2.75) is 25.7 Å². The highest BCUT2D eigenvalue weighted by molar-refractivity contribution is 5.91. The molecule has 0 aliphatic carbocycles. The van der Waals surface area contributed by atoms with Gasteiger partial charge in [0.1, 0.15) is 23.2 Å². The summed E-state index contributed by atoms with van der Waals surface area (Å²) >= 11 is 0. The highest BCUT2D eigenvalue weighted by atomic mass is 19.1. The Morgan fingerprint density at radius 1 is 1.07 bits per heavy atom. The third-order valence-corrected chi connectivity index (χ3v) is 4.84. The molecular formula is C20H19F2N3O2. The van der Waals surface area contributed by atoms with Gasteiger partial charge in [-0.2, -0.15) is 0 Å². The molecule has 1 aromatic carbocycles. The molecule has 3 heterocycles. The summed E-state index contributed by atoms with van der Waals surface area (Å²) in [5, 5.41) is 0.568. The van der Waals surface area contributed by atoms with Crippen LogP contribution in [0.3, 0.4) is 0 Å². The van der Waals surface area contributed by atoms with Gasteiger partial charge in [0.2, 0.25) is 0 Å². The third-order valence-electron chi connectivity index (χ3n) is 4.84. The van der Waals surface area contributed by atoms with Crippen LogP contribution in [0.15, 0.2) is 24.3 Å². The number of aryl methyl sites for hydroxylation is 1. The Bertz CT molecular complexity index is 1000. The molecule has 4 rings (SSSR count). The molecule has 0 atom stereocenters. The van der Waals surface area contributed by atoms with Gasteiger partial charge in [-0.05, 0) is 38.0 Å². The first-order valence-corrected chi connectivity index (χ1v) is 8.83. The molecule has 0 radical (unpaired) electrons. The zero-order valence-electron chi connectivity index (χ0n) is 15.1. The summed E-state index contributed by atoms with van der Waals surface area (Å²) in [4.78, 5) is 13.8. The van der Waals surface area contributed by atoms with E-state index in [-0.39, 0.29) is 11.5 Å². The topological polar surface area (TPSA) is 57.1 Å². The molecule has 0 saturated carbocycles. The van der Waals surface area contributed by atoms with Gasteiger partial charge in [0.05, 0.1) is 18.5 Å². The molecule has 1 saturated heterocycles. The van der Waals surface area contributed by atoms with E-state index in [0.717, 1.165) is 18.9 Å². The van der Waals surface area contributed by atoms with Crippen LogP contribution in [0.5, 0.6) is 5.75 Å². The molecule has 1 fully saturated rings. The van der Waals surface area contributed by atoms with Gasteiger partial charge in [0.25, 0.3) is 0 Å². The maximum Gasteiger partial charge on any atom is 0.163 e. The zero-order valence-corrected chi connectivity index (χ0v) is 15.1. The highest BCUT2D eigenvalue weighted by Gasteiger charge is 2.23. The van der Waals surface area contributed by atoms with E-state index in [1.165, 1.54) is 12.1 Å². The second-order valence-electron chi connectivity index (χ2n) is 6.59. The Morgan fingerprint density at radius 3 is 2.56 bits per heavy atom. The van der Waals surface area contributed by atoms with E-state index in [9.17, 15) is 8.78 Å². The summed E-state index contributed by atoms with van der Waals surface area (Å²) < 4.78 is 38.7. The fraction of sp³-hybridized carbons (Fsp3) is 0.350. The smallest absolute Gasteiger partial charge is 0.163 e. The van der Waals surface area contributed by atoms with Crippen LogP contribution in [0, 0.1) is 18.6 Å². The molecule has 7 heteroatoms. The molecule has 27 heavy (non-hydrogen) atoms. The minimum absolute atomic E-state index is 0.120. The summed E-state index contributed by atoms with van der Waals surface area (Å²) in [7, 11) is 1.55. The van der Waals surface area contributed by atoms with Crippen LogP contribution >= 0.6 is 0 Å². The van der Waals surface area contributed by atoms with Crippen LogP contribution in [0.4, 0.5) is 8.78 Å². The molecule has 140 valence electrons. The first-order chi connectivity index (χ1) is 13.1. The van der Waals surface area contributed by atoms with Crippen LogP contribution in [-0.4, -0.2) is 35.3 Å². The van der Waals surface area contributed by atoms with E-state index >= 15 is 0 Å². The van der Waals surface area contributed by atoms with Crippen molar-refractivity contribution in [1.29, 1.82) is 0 Å². The first-order valence-electron chi connectivity index (χ1n) is 8.83. The minimum Gasteiger partial charge on any atom is -0.495 e. The largest absolute Gasteiger partial charge is 0.495 e. The Hall–Kier alpha value is -2.67. The molecule has 2 aromatic heterocycles. The molecule has 1 aliphatic rings. The fourth-order valence-electron chi connectivity index (χ4n) is 3.37. The number of pyridine rings is 1. The monoisotopic (exact) mass is 371 g/mol. The number of methoxy groups -OCH3 is 1. The molecule has 1 aliphatic heterocycles. The predicted octanol–water partition coefficient (Wildman–Crippen LogP) is 4.18. The molecule has 0 bridgehead atoms. The number of hydrogen-bond acceptors (Lipinski definition) is 5. The lowest BCUT2D eigenvalue weighted by atomic mass is 9.98. The van der Waals surface area contributed by atoms with Gasteiger partial charge in [-0.3, -0.25) is 0 Å². The van der Waals surface area contributed by atoms with Gasteiger partial charge in [-0.15, -0.1) is 0 Å². The number of rotatable bonds is 3. The van der Waals surface area contributed by atoms with Crippen LogP contribution in [0.25, 0.3) is 22.3 Å². The van der Waals surface area contributed by atoms with Gasteiger partial charge >= 0.3 is 0 Å². The quantitative estimate of drug-likeness (QED) is 0.691. The van der Waals surface area contributed by atoms with Gasteiger partial charge in [-0.1, -0.05) is 0 Å². The minimum atomic E-state index is -0.674. The number of benzene rings is 1. The second kappa shape index (κ2) is 7.15.